The number of amides is 2. The lowest BCUT2D eigenvalue weighted by Gasteiger charge is -2.39. The van der Waals surface area contributed by atoms with Gasteiger partial charge in [0, 0.05) is 5.56 Å². The molecule has 1 atom stereocenters. The molecular formula is C29H35F3N2O7. The van der Waals surface area contributed by atoms with Gasteiger partial charge in [-0.2, -0.15) is 13.2 Å². The van der Waals surface area contributed by atoms with Crippen molar-refractivity contribution in [3.63, 3.8) is 0 Å². The molecule has 1 saturated heterocycles. The van der Waals surface area contributed by atoms with Gasteiger partial charge in [-0.3, -0.25) is 14.5 Å². The van der Waals surface area contributed by atoms with E-state index in [2.05, 4.69) is 5.32 Å². The molecule has 2 aromatic rings. The number of ether oxygens (including phenoxy) is 4. The highest BCUT2D eigenvalue weighted by Gasteiger charge is 2.57. The van der Waals surface area contributed by atoms with Crippen molar-refractivity contribution in [3.05, 3.63) is 59.2 Å². The first kappa shape index (κ1) is 31.7. The third-order valence-electron chi connectivity index (χ3n) is 6.37. The van der Waals surface area contributed by atoms with E-state index in [1.807, 2.05) is 0 Å². The Hall–Kier alpha value is -3.80. The average Bonchev–Trinajstić information content (AvgIpc) is 3.14. The summed E-state index contributed by atoms with van der Waals surface area (Å²) in [6, 6.07) is 9.59. The number of nitrogens with one attached hydrogen (secondary N) is 1. The van der Waals surface area contributed by atoms with Crippen molar-refractivity contribution >= 4 is 17.8 Å². The van der Waals surface area contributed by atoms with E-state index in [0.29, 0.717) is 17.4 Å². The molecular weight excluding hydrogens is 545 g/mol. The second kappa shape index (κ2) is 11.6. The number of alkyl halides is 3. The molecule has 41 heavy (non-hydrogen) atoms. The van der Waals surface area contributed by atoms with Crippen molar-refractivity contribution < 1.29 is 46.5 Å². The lowest BCUT2D eigenvalue weighted by atomic mass is 9.99. The van der Waals surface area contributed by atoms with Crippen LogP contribution in [0.25, 0.3) is 0 Å². The number of Topliss-reactive ketones (excluding diaryl/α,β-unsaturated/α-hetero) is 1. The Morgan fingerprint density at radius 3 is 2.22 bits per heavy atom. The Labute approximate surface area is 236 Å². The zero-order chi connectivity index (χ0) is 30.8. The highest BCUT2D eigenvalue weighted by molar-refractivity contribution is 6.01. The Morgan fingerprint density at radius 2 is 1.66 bits per heavy atom. The van der Waals surface area contributed by atoms with Crippen LogP contribution in [0.15, 0.2) is 42.5 Å². The molecule has 1 aliphatic heterocycles. The van der Waals surface area contributed by atoms with Gasteiger partial charge in [-0.05, 0) is 77.4 Å². The maximum absolute atomic E-state index is 13.9. The third kappa shape index (κ3) is 7.49. The monoisotopic (exact) mass is 580 g/mol. The minimum Gasteiger partial charge on any atom is -0.497 e. The fraction of sp³-hybridized carbons (Fsp3) is 0.483. The first-order chi connectivity index (χ1) is 18.9. The van der Waals surface area contributed by atoms with E-state index >= 15 is 0 Å². The molecule has 1 N–H and O–H groups in total. The molecule has 1 fully saturated rings. The second-order valence-electron chi connectivity index (χ2n) is 11.3. The average molecular weight is 581 g/mol. The van der Waals surface area contributed by atoms with Crippen molar-refractivity contribution in [2.75, 3.05) is 20.3 Å². The van der Waals surface area contributed by atoms with Crippen molar-refractivity contribution in [3.8, 4) is 11.5 Å². The largest absolute Gasteiger partial charge is 0.497 e. The van der Waals surface area contributed by atoms with Crippen LogP contribution in [0.1, 0.15) is 63.0 Å². The fourth-order valence-electron chi connectivity index (χ4n) is 4.32. The van der Waals surface area contributed by atoms with Crippen molar-refractivity contribution in [1.82, 2.24) is 10.2 Å². The molecule has 2 aromatic carbocycles. The van der Waals surface area contributed by atoms with E-state index in [0.717, 1.165) is 11.0 Å². The van der Waals surface area contributed by atoms with Gasteiger partial charge in [0.15, 0.2) is 5.78 Å². The van der Waals surface area contributed by atoms with Gasteiger partial charge in [0.1, 0.15) is 35.0 Å². The molecule has 0 aliphatic carbocycles. The van der Waals surface area contributed by atoms with Crippen LogP contribution in [-0.4, -0.2) is 59.8 Å². The van der Waals surface area contributed by atoms with Gasteiger partial charge in [-0.25, -0.2) is 4.79 Å². The number of benzene rings is 2. The second-order valence-corrected chi connectivity index (χ2v) is 11.3. The summed E-state index contributed by atoms with van der Waals surface area (Å²) in [5.41, 5.74) is -4.35. The molecule has 1 aliphatic rings. The van der Waals surface area contributed by atoms with Gasteiger partial charge in [0.05, 0.1) is 25.8 Å². The van der Waals surface area contributed by atoms with Crippen LogP contribution < -0.4 is 14.8 Å². The van der Waals surface area contributed by atoms with Crippen molar-refractivity contribution in [2.45, 2.75) is 71.2 Å². The summed E-state index contributed by atoms with van der Waals surface area (Å²) < 4.78 is 63.2. The normalized spacial score (nSPS) is 18.5. The first-order valence-corrected chi connectivity index (χ1v) is 12.8. The van der Waals surface area contributed by atoms with Crippen LogP contribution in [0.3, 0.4) is 0 Å². The zero-order valence-corrected chi connectivity index (χ0v) is 24.1. The smallest absolute Gasteiger partial charge is 0.419 e. The van der Waals surface area contributed by atoms with E-state index in [-0.39, 0.29) is 18.8 Å². The quantitative estimate of drug-likeness (QED) is 0.420. The molecule has 3 rings (SSSR count). The first-order valence-electron chi connectivity index (χ1n) is 12.8. The minimum atomic E-state index is -4.80. The molecule has 0 bridgehead atoms. The van der Waals surface area contributed by atoms with Crippen LogP contribution in [0, 0.1) is 0 Å². The highest BCUT2D eigenvalue weighted by atomic mass is 19.4. The molecule has 0 radical (unpaired) electrons. The molecule has 1 heterocycles. The summed E-state index contributed by atoms with van der Waals surface area (Å²) in [6.45, 7) is 8.75. The standard InChI is InChI=1S/C29H35F3N2O7/c1-26(2,3)41-25(37)34-27(4,5)40-17-28(34,6)24(36)33-15-22(35)19-10-13-23(21(14-19)29(30,31)32)39-16-18-8-11-20(38-7)12-9-18/h8-14H,15-17H2,1-7H3,(H,33,36)/t28-/m0/s1. The van der Waals surface area contributed by atoms with E-state index in [4.69, 9.17) is 18.9 Å². The van der Waals surface area contributed by atoms with Crippen LogP contribution in [0.2, 0.25) is 0 Å². The van der Waals surface area contributed by atoms with Crippen LogP contribution in [0.5, 0.6) is 11.5 Å². The van der Waals surface area contributed by atoms with Gasteiger partial charge in [0.25, 0.3) is 0 Å². The predicted molar refractivity (Wildman–Crippen MR) is 143 cm³/mol. The minimum absolute atomic E-state index is 0.137. The predicted octanol–water partition coefficient (Wildman–Crippen LogP) is 5.35. The molecule has 0 saturated carbocycles. The highest BCUT2D eigenvalue weighted by Crippen LogP contribution is 2.38. The SMILES string of the molecule is COc1ccc(COc2ccc(C(=O)CNC(=O)[C@]3(C)COC(C)(C)N3C(=O)OC(C)(C)C)cc2C(F)(F)F)cc1. The number of rotatable bonds is 8. The van der Waals surface area contributed by atoms with Gasteiger partial charge in [0.2, 0.25) is 5.91 Å². The Bertz CT molecular complexity index is 1290. The summed E-state index contributed by atoms with van der Waals surface area (Å²) in [7, 11) is 1.50. The van der Waals surface area contributed by atoms with E-state index in [1.54, 1.807) is 58.9 Å². The third-order valence-corrected chi connectivity index (χ3v) is 6.37. The summed E-state index contributed by atoms with van der Waals surface area (Å²) in [4.78, 5) is 40.2. The Morgan fingerprint density at radius 1 is 1.02 bits per heavy atom. The van der Waals surface area contributed by atoms with Crippen molar-refractivity contribution in [2.24, 2.45) is 0 Å². The molecule has 0 aromatic heterocycles. The number of carbonyl (C=O) groups is 3. The molecule has 224 valence electrons. The summed E-state index contributed by atoms with van der Waals surface area (Å²) >= 11 is 0. The summed E-state index contributed by atoms with van der Waals surface area (Å²) in [5, 5.41) is 2.44. The number of hydrogen-bond acceptors (Lipinski definition) is 7. The number of ketones is 1. The molecule has 0 spiro atoms. The maximum Gasteiger partial charge on any atom is 0.419 e. The van der Waals surface area contributed by atoms with Gasteiger partial charge in [-0.15, -0.1) is 0 Å². The number of carbonyl (C=O) groups excluding carboxylic acids is 3. The van der Waals surface area contributed by atoms with E-state index < -0.39 is 58.7 Å². The number of methoxy groups -OCH3 is 1. The molecule has 0 unspecified atom stereocenters. The van der Waals surface area contributed by atoms with Crippen LogP contribution >= 0.6 is 0 Å². The number of nitrogens with zero attached hydrogens (tertiary/aromatic N) is 1. The van der Waals surface area contributed by atoms with Crippen LogP contribution in [-0.2, 0) is 27.1 Å². The molecule has 12 heteroatoms. The molecule has 2 amide bonds. The summed E-state index contributed by atoms with van der Waals surface area (Å²) in [6.07, 6.45) is -5.59. The maximum atomic E-state index is 13.9. The number of hydrogen-bond donors (Lipinski definition) is 1. The van der Waals surface area contributed by atoms with Crippen LogP contribution in [0.4, 0.5) is 18.0 Å². The lowest BCUT2D eigenvalue weighted by Crippen LogP contribution is -2.62. The van der Waals surface area contributed by atoms with Gasteiger partial charge < -0.3 is 24.3 Å². The lowest BCUT2D eigenvalue weighted by molar-refractivity contribution is -0.139. The Balaban J connectivity index is 1.73. The van der Waals surface area contributed by atoms with Gasteiger partial charge >= 0.3 is 12.3 Å². The topological polar surface area (TPSA) is 103 Å². The Kier molecular flexibility index (Phi) is 8.97. The van der Waals surface area contributed by atoms with Crippen molar-refractivity contribution in [1.29, 1.82) is 0 Å². The van der Waals surface area contributed by atoms with E-state index in [9.17, 15) is 27.6 Å². The fourth-order valence-corrected chi connectivity index (χ4v) is 4.32. The molecule has 9 nitrogen and oxygen atoms in total. The van der Waals surface area contributed by atoms with Gasteiger partial charge in [-0.1, -0.05) is 12.1 Å². The number of halogens is 3. The summed E-state index contributed by atoms with van der Waals surface area (Å²) in [5.74, 6) is -1.34. The van der Waals surface area contributed by atoms with E-state index in [1.165, 1.54) is 20.1 Å². The zero-order valence-electron chi connectivity index (χ0n) is 24.1.